The van der Waals surface area contributed by atoms with Crippen molar-refractivity contribution in [2.24, 2.45) is 0 Å². The SMILES string of the molecule is O.O.O.O.O.O.O.O.O.O.O.O.O.O.O.O.O.O.O.O.O.O.O.O.O.O.O.O.O.O.O.O.O.O.O.O.O.O.O.O.O.O.O.O.O.O.O.O.O.O.O.O.O.O.O.O.O.O.O.O.O.O.P.P.[W].[W].[W].[W].[W].[W].[W].[W].[W].[W].[W].[W].[W].[W].[W].[W].[W].[W]. The van der Waals surface area contributed by atoms with Gasteiger partial charge in [0.1, 0.15) is 0 Å². The summed E-state index contributed by atoms with van der Waals surface area (Å²) in [6, 6.07) is 0. The van der Waals surface area contributed by atoms with Crippen LogP contribution in [0.25, 0.3) is 0 Å². The maximum Gasteiger partial charge on any atom is 0 e. The second-order valence-corrected chi connectivity index (χ2v) is 0. The molecule has 0 bridgehead atoms. The first kappa shape index (κ1) is 6740. The molecule has 0 heterocycles. The van der Waals surface area contributed by atoms with Gasteiger partial charge < -0.3 is 340 Å². The molecule has 62 nitrogen and oxygen atoms in total. The molecule has 0 fully saturated rings. The second-order valence-electron chi connectivity index (χ2n) is 0. The third kappa shape index (κ3) is 6310. The molecule has 0 rings (SSSR count). The fraction of sp³-hybridized carbons (Fsp3) is 0. The van der Waals surface area contributed by atoms with Crippen molar-refractivity contribution in [3.8, 4) is 0 Å². The van der Waals surface area contributed by atoms with Gasteiger partial charge in [0.15, 0.2) is 0 Å². The van der Waals surface area contributed by atoms with Gasteiger partial charge in [-0.3, -0.25) is 0 Å². The quantitative estimate of drug-likeness (QED) is 0.204. The minimum atomic E-state index is 0. The molecule has 0 spiro atoms. The summed E-state index contributed by atoms with van der Waals surface area (Å²) in [7, 11) is 0. The molecule has 0 amide bonds. The van der Waals surface area contributed by atoms with Crippen LogP contribution in [-0.4, -0.2) is 340 Å². The average Bonchev–Trinajstić information content (AvgIpc) is 0. The second kappa shape index (κ2) is 6520. The van der Waals surface area contributed by atoms with E-state index in [-0.39, 0.29) is 738 Å². The fourth-order valence-electron chi connectivity index (χ4n) is 0. The van der Waals surface area contributed by atoms with Gasteiger partial charge in [-0.1, -0.05) is 0 Å². The van der Waals surface area contributed by atoms with E-state index in [0.717, 1.165) is 0 Å². The maximum atomic E-state index is 0. The van der Waals surface area contributed by atoms with Crippen molar-refractivity contribution < 1.29 is 719 Å². The molecule has 0 aromatic carbocycles. The van der Waals surface area contributed by atoms with Crippen molar-refractivity contribution in [3.05, 3.63) is 0 Å². The third-order valence-electron chi connectivity index (χ3n) is 0. The van der Waals surface area contributed by atoms with Crippen molar-refractivity contribution in [3.63, 3.8) is 0 Å². The summed E-state index contributed by atoms with van der Waals surface area (Å²) in [5.74, 6) is 0. The average molecular weight is 4490 g/mol. The van der Waals surface area contributed by atoms with Gasteiger partial charge in [0, 0.05) is 379 Å². The Kier molecular flexibility index (Phi) is 536000. The molecule has 82 heteroatoms. The molecule has 0 saturated heterocycles. The van der Waals surface area contributed by atoms with Crippen LogP contribution < -0.4 is 0 Å². The van der Waals surface area contributed by atoms with Crippen LogP contribution in [0, 0.1) is 0 Å². The van der Waals surface area contributed by atoms with Crippen molar-refractivity contribution in [1.82, 2.24) is 0 Å². The van der Waals surface area contributed by atoms with E-state index < -0.39 is 0 Å². The van der Waals surface area contributed by atoms with Crippen LogP contribution in [0.3, 0.4) is 0 Å². The molecule has 0 radical (unpaired) electrons. The van der Waals surface area contributed by atoms with E-state index in [1.807, 2.05) is 0 Å². The fourth-order valence-corrected chi connectivity index (χ4v) is 0. The van der Waals surface area contributed by atoms with Crippen LogP contribution in [0.5, 0.6) is 0 Å². The molecule has 0 aromatic heterocycles. The van der Waals surface area contributed by atoms with Gasteiger partial charge in [-0.05, 0) is 0 Å². The first-order chi connectivity index (χ1) is 0. The molecule has 2 atom stereocenters. The van der Waals surface area contributed by atoms with Gasteiger partial charge in [-0.2, -0.15) is 19.8 Å². The molecule has 82 heavy (non-hydrogen) atoms. The van der Waals surface area contributed by atoms with Gasteiger partial charge in [0.05, 0.1) is 0 Å². The molecule has 0 saturated carbocycles. The monoisotopic (exact) mass is 4500 g/mol. The summed E-state index contributed by atoms with van der Waals surface area (Å²) in [6.45, 7) is 0. The first-order valence-corrected chi connectivity index (χ1v) is 0. The van der Waals surface area contributed by atoms with Gasteiger partial charge in [-0.15, -0.1) is 0 Å². The van der Waals surface area contributed by atoms with Crippen LogP contribution in [0.2, 0.25) is 0 Å². The largest absolute Gasteiger partial charge is 0.412 e. The van der Waals surface area contributed by atoms with E-state index in [2.05, 4.69) is 0 Å². The molecule has 0 aliphatic heterocycles. The van der Waals surface area contributed by atoms with E-state index >= 15 is 0 Å². The molecule has 620 valence electrons. The zero-order chi connectivity index (χ0) is 0. The third-order valence-corrected chi connectivity index (χ3v) is 0. The van der Waals surface area contributed by atoms with E-state index in [4.69, 9.17) is 0 Å². The maximum absolute atomic E-state index is 0. The van der Waals surface area contributed by atoms with Crippen LogP contribution >= 0.6 is 19.8 Å². The molecule has 124 N–H and O–H groups in total. The molecule has 0 aliphatic carbocycles. The van der Waals surface area contributed by atoms with E-state index in [1.54, 1.807) is 0 Å². The predicted octanol–water partition coefficient (Wildman–Crippen LogP) is -51.1. The van der Waals surface area contributed by atoms with Crippen LogP contribution in [0.4, 0.5) is 0 Å². The molecular formula is H130O62P2W18. The van der Waals surface area contributed by atoms with E-state index in [9.17, 15) is 0 Å². The van der Waals surface area contributed by atoms with Crippen molar-refractivity contribution in [2.45, 2.75) is 0 Å². The topological polar surface area (TPSA) is 1950 Å². The minimum Gasteiger partial charge on any atom is -0.412 e. The molecular weight excluding hydrogens is 4360 g/mol. The number of rotatable bonds is 0. The molecule has 0 aliphatic rings. The normalized spacial score (nSPS) is 0. The Hall–Kier alpha value is 10.8. The zero-order valence-electron chi connectivity index (χ0n) is 39.8. The Labute approximate surface area is 728 Å². The standard InChI is InChI=1S/62H2O.2H3P.18W/h62*1H2;2*1H3;;;;;;;;;;;;;;;;;;. The minimum absolute atomic E-state index is 0. The van der Waals surface area contributed by atoms with Gasteiger partial charge in [0.2, 0.25) is 0 Å². The van der Waals surface area contributed by atoms with Crippen molar-refractivity contribution in [2.75, 3.05) is 0 Å². The smallest absolute Gasteiger partial charge is 0 e. The number of hydrogen-bond acceptors (Lipinski definition) is 0. The Bertz CT molecular complexity index is 75.1. The van der Waals surface area contributed by atoms with Crippen LogP contribution in [-0.2, 0) is 379 Å². The van der Waals surface area contributed by atoms with Gasteiger partial charge >= 0.3 is 0 Å². The van der Waals surface area contributed by atoms with Gasteiger partial charge in [0.25, 0.3) is 0 Å². The number of hydrogen-bond donors (Lipinski definition) is 0. The predicted molar refractivity (Wildman–Crippen MR) is 246 cm³/mol. The summed E-state index contributed by atoms with van der Waals surface area (Å²) in [6.07, 6.45) is 0. The Morgan fingerprint density at radius 3 is 0.0366 bits per heavy atom. The van der Waals surface area contributed by atoms with Crippen LogP contribution in [0.1, 0.15) is 0 Å². The zero-order valence-corrected chi connectivity index (χ0v) is 95.4. The molecule has 0 aromatic rings. The molecule has 2 unspecified atom stereocenters. The summed E-state index contributed by atoms with van der Waals surface area (Å²) >= 11 is 0. The Morgan fingerprint density at radius 1 is 0.0366 bits per heavy atom. The summed E-state index contributed by atoms with van der Waals surface area (Å²) in [5, 5.41) is 0. The van der Waals surface area contributed by atoms with Crippen molar-refractivity contribution >= 4 is 19.8 Å². The summed E-state index contributed by atoms with van der Waals surface area (Å²) in [4.78, 5) is 0. The Balaban J connectivity index is 0. The Morgan fingerprint density at radius 2 is 0.0366 bits per heavy atom. The summed E-state index contributed by atoms with van der Waals surface area (Å²) in [5.41, 5.74) is 0. The van der Waals surface area contributed by atoms with Crippen LogP contribution in [0.15, 0.2) is 0 Å². The summed E-state index contributed by atoms with van der Waals surface area (Å²) < 4.78 is 0. The van der Waals surface area contributed by atoms with Crippen molar-refractivity contribution in [1.29, 1.82) is 0 Å². The van der Waals surface area contributed by atoms with E-state index in [1.165, 1.54) is 0 Å². The van der Waals surface area contributed by atoms with Gasteiger partial charge in [-0.25, -0.2) is 0 Å². The van der Waals surface area contributed by atoms with E-state index in [0.29, 0.717) is 0 Å². The first-order valence-electron chi connectivity index (χ1n) is 0.